The van der Waals surface area contributed by atoms with E-state index < -0.39 is 0 Å². The Bertz CT molecular complexity index is 452. The first-order chi connectivity index (χ1) is 9.04. The number of benzene rings is 1. The Balaban J connectivity index is 2.78. The summed E-state index contributed by atoms with van der Waals surface area (Å²) in [4.78, 5) is 0. The molecule has 0 aromatic heterocycles. The van der Waals surface area contributed by atoms with Crippen molar-refractivity contribution in [1.82, 2.24) is 5.32 Å². The lowest BCUT2D eigenvalue weighted by Crippen LogP contribution is -2.19. The third kappa shape index (κ3) is 5.74. The summed E-state index contributed by atoms with van der Waals surface area (Å²) in [5, 5.41) is 4.48. The summed E-state index contributed by atoms with van der Waals surface area (Å²) in [7, 11) is 0. The summed E-state index contributed by atoms with van der Waals surface area (Å²) in [6.07, 6.45) is 5.76. The van der Waals surface area contributed by atoms with E-state index in [1.54, 1.807) is 6.07 Å². The van der Waals surface area contributed by atoms with Crippen LogP contribution in [0, 0.1) is 18.3 Å². The quantitative estimate of drug-likeness (QED) is 0.603. The van der Waals surface area contributed by atoms with E-state index in [0.717, 1.165) is 12.1 Å². The van der Waals surface area contributed by atoms with Gasteiger partial charge in [0.1, 0.15) is 5.75 Å². The van der Waals surface area contributed by atoms with Crippen LogP contribution in [0.25, 0.3) is 0 Å². The van der Waals surface area contributed by atoms with Gasteiger partial charge in [0.2, 0.25) is 0 Å². The molecule has 4 heteroatoms. The van der Waals surface area contributed by atoms with E-state index in [4.69, 9.17) is 34.4 Å². The number of nitrogens with one attached hydrogen (secondary N) is 1. The SMILES string of the molecule is C#CCCOc1c(Cl)cc(Cl)cc1CNCC(C)C. The Morgan fingerprint density at radius 1 is 1.37 bits per heavy atom. The van der Waals surface area contributed by atoms with Gasteiger partial charge in [0.25, 0.3) is 0 Å². The van der Waals surface area contributed by atoms with Crippen LogP contribution in [0.15, 0.2) is 12.1 Å². The van der Waals surface area contributed by atoms with Gasteiger partial charge < -0.3 is 10.1 Å². The van der Waals surface area contributed by atoms with E-state index in [0.29, 0.717) is 41.3 Å². The average Bonchev–Trinajstić information content (AvgIpc) is 2.32. The van der Waals surface area contributed by atoms with Crippen molar-refractivity contribution < 1.29 is 4.74 Å². The third-order valence-corrected chi connectivity index (χ3v) is 2.95. The highest BCUT2D eigenvalue weighted by Gasteiger charge is 2.10. The van der Waals surface area contributed by atoms with Gasteiger partial charge in [0.05, 0.1) is 11.6 Å². The van der Waals surface area contributed by atoms with E-state index in [-0.39, 0.29) is 0 Å². The Morgan fingerprint density at radius 2 is 2.11 bits per heavy atom. The molecule has 104 valence electrons. The van der Waals surface area contributed by atoms with Gasteiger partial charge in [0.15, 0.2) is 0 Å². The maximum absolute atomic E-state index is 6.17. The number of halogens is 2. The summed E-state index contributed by atoms with van der Waals surface area (Å²) < 4.78 is 5.65. The van der Waals surface area contributed by atoms with E-state index in [2.05, 4.69) is 25.1 Å². The summed E-state index contributed by atoms with van der Waals surface area (Å²) in [6, 6.07) is 3.55. The van der Waals surface area contributed by atoms with Crippen LogP contribution in [0.2, 0.25) is 10.0 Å². The Kier molecular flexibility index (Phi) is 7.09. The zero-order valence-electron chi connectivity index (χ0n) is 11.3. The normalized spacial score (nSPS) is 10.5. The third-order valence-electron chi connectivity index (χ3n) is 2.45. The summed E-state index contributed by atoms with van der Waals surface area (Å²) in [5.41, 5.74) is 0.954. The maximum Gasteiger partial charge on any atom is 0.142 e. The van der Waals surface area contributed by atoms with Gasteiger partial charge in [-0.3, -0.25) is 0 Å². The van der Waals surface area contributed by atoms with Crippen LogP contribution < -0.4 is 10.1 Å². The average molecular weight is 300 g/mol. The molecule has 0 aliphatic rings. The van der Waals surface area contributed by atoms with Crippen LogP contribution in [0.1, 0.15) is 25.8 Å². The first-order valence-corrected chi connectivity index (χ1v) is 7.05. The zero-order chi connectivity index (χ0) is 14.3. The van der Waals surface area contributed by atoms with Crippen molar-refractivity contribution in [2.24, 2.45) is 5.92 Å². The van der Waals surface area contributed by atoms with Gasteiger partial charge in [-0.05, 0) is 24.6 Å². The summed E-state index contributed by atoms with van der Waals surface area (Å²) in [6.45, 7) is 6.36. The van der Waals surface area contributed by atoms with Gasteiger partial charge >= 0.3 is 0 Å². The molecule has 0 saturated heterocycles. The fraction of sp³-hybridized carbons (Fsp3) is 0.467. The molecule has 0 unspecified atom stereocenters. The Hall–Kier alpha value is -0.880. The van der Waals surface area contributed by atoms with Gasteiger partial charge in [-0.25, -0.2) is 0 Å². The number of hydrogen-bond acceptors (Lipinski definition) is 2. The van der Waals surface area contributed by atoms with Crippen molar-refractivity contribution in [2.45, 2.75) is 26.8 Å². The molecule has 0 atom stereocenters. The molecular weight excluding hydrogens is 281 g/mol. The Labute approximate surface area is 125 Å². The first kappa shape index (κ1) is 16.2. The van der Waals surface area contributed by atoms with E-state index in [1.165, 1.54) is 0 Å². The van der Waals surface area contributed by atoms with Crippen molar-refractivity contribution in [1.29, 1.82) is 0 Å². The summed E-state index contributed by atoms with van der Waals surface area (Å²) in [5.74, 6) is 3.78. The van der Waals surface area contributed by atoms with E-state index >= 15 is 0 Å². The lowest BCUT2D eigenvalue weighted by atomic mass is 10.1. The van der Waals surface area contributed by atoms with Crippen molar-refractivity contribution in [3.05, 3.63) is 27.7 Å². The molecule has 0 saturated carbocycles. The molecule has 0 amide bonds. The minimum Gasteiger partial charge on any atom is -0.491 e. The maximum atomic E-state index is 6.17. The number of terminal acetylenes is 1. The number of hydrogen-bond donors (Lipinski definition) is 1. The van der Waals surface area contributed by atoms with E-state index in [1.807, 2.05) is 6.07 Å². The molecule has 19 heavy (non-hydrogen) atoms. The molecule has 1 rings (SSSR count). The fourth-order valence-corrected chi connectivity index (χ4v) is 2.20. The van der Waals surface area contributed by atoms with Crippen molar-refractivity contribution in [2.75, 3.05) is 13.2 Å². The molecule has 0 aliphatic heterocycles. The van der Waals surface area contributed by atoms with Crippen LogP contribution in [0.3, 0.4) is 0 Å². The van der Waals surface area contributed by atoms with Gasteiger partial charge in [-0.2, -0.15) is 0 Å². The van der Waals surface area contributed by atoms with E-state index in [9.17, 15) is 0 Å². The van der Waals surface area contributed by atoms with Gasteiger partial charge in [0, 0.05) is 23.6 Å². The van der Waals surface area contributed by atoms with Crippen molar-refractivity contribution in [3.63, 3.8) is 0 Å². The smallest absolute Gasteiger partial charge is 0.142 e. The molecule has 1 aromatic carbocycles. The molecule has 0 bridgehead atoms. The fourth-order valence-electron chi connectivity index (χ4n) is 1.61. The zero-order valence-corrected chi connectivity index (χ0v) is 12.8. The van der Waals surface area contributed by atoms with Crippen LogP contribution >= 0.6 is 23.2 Å². The second kappa shape index (κ2) is 8.32. The molecule has 0 heterocycles. The molecule has 1 N–H and O–H groups in total. The number of rotatable bonds is 7. The summed E-state index contributed by atoms with van der Waals surface area (Å²) >= 11 is 12.2. The largest absolute Gasteiger partial charge is 0.491 e. The second-order valence-electron chi connectivity index (χ2n) is 4.70. The molecule has 0 spiro atoms. The predicted octanol–water partition coefficient (Wildman–Crippen LogP) is 4.14. The lowest BCUT2D eigenvalue weighted by Gasteiger charge is -2.14. The highest BCUT2D eigenvalue weighted by Crippen LogP contribution is 2.32. The molecule has 0 fully saturated rings. The van der Waals surface area contributed by atoms with Crippen LogP contribution in [-0.2, 0) is 6.54 Å². The van der Waals surface area contributed by atoms with Crippen molar-refractivity contribution >= 4 is 23.2 Å². The highest BCUT2D eigenvalue weighted by atomic mass is 35.5. The van der Waals surface area contributed by atoms with Gasteiger partial charge in [-0.15, -0.1) is 12.3 Å². The standard InChI is InChI=1S/C15H19Cl2NO/c1-4-5-6-19-15-12(10-18-9-11(2)3)7-13(16)8-14(15)17/h1,7-8,11,18H,5-6,9-10H2,2-3H3. The van der Waals surface area contributed by atoms with Crippen LogP contribution in [-0.4, -0.2) is 13.2 Å². The van der Waals surface area contributed by atoms with Crippen LogP contribution in [0.4, 0.5) is 0 Å². The second-order valence-corrected chi connectivity index (χ2v) is 5.55. The first-order valence-electron chi connectivity index (χ1n) is 6.29. The Morgan fingerprint density at radius 3 is 2.74 bits per heavy atom. The lowest BCUT2D eigenvalue weighted by molar-refractivity contribution is 0.323. The van der Waals surface area contributed by atoms with Crippen LogP contribution in [0.5, 0.6) is 5.75 Å². The van der Waals surface area contributed by atoms with Gasteiger partial charge in [-0.1, -0.05) is 37.0 Å². The molecule has 0 radical (unpaired) electrons. The predicted molar refractivity (Wildman–Crippen MR) is 82.0 cm³/mol. The monoisotopic (exact) mass is 299 g/mol. The molecular formula is C15H19Cl2NO. The van der Waals surface area contributed by atoms with Crippen molar-refractivity contribution in [3.8, 4) is 18.1 Å². The molecule has 1 aromatic rings. The number of ether oxygens (including phenoxy) is 1. The molecule has 2 nitrogen and oxygen atoms in total. The minimum atomic E-state index is 0.453. The molecule has 0 aliphatic carbocycles. The minimum absolute atomic E-state index is 0.453. The highest BCUT2D eigenvalue weighted by molar-refractivity contribution is 6.35. The topological polar surface area (TPSA) is 21.3 Å².